The number of anilines is 2. The monoisotopic (exact) mass is 612 g/mol. The van der Waals surface area contributed by atoms with Crippen LogP contribution in [-0.2, 0) is 15.6 Å². The van der Waals surface area contributed by atoms with Crippen molar-refractivity contribution in [3.05, 3.63) is 107 Å². The normalized spacial score (nSPS) is 50.3. The zero-order chi connectivity index (χ0) is 30.6. The van der Waals surface area contributed by atoms with Gasteiger partial charge >= 0.3 is 0 Å². The van der Waals surface area contributed by atoms with Gasteiger partial charge in [0.05, 0.1) is 33.8 Å². The van der Waals surface area contributed by atoms with E-state index < -0.39 is 11.4 Å². The average molecular weight is 613 g/mol. The Morgan fingerprint density at radius 1 is 0.783 bits per heavy atom. The number of fused-ring (bicyclic) bond motifs is 8. The van der Waals surface area contributed by atoms with Crippen LogP contribution < -0.4 is 9.80 Å². The molecule has 46 heavy (non-hydrogen) atoms. The first kappa shape index (κ1) is 25.9. The number of para-hydroxylation sites is 2. The van der Waals surface area contributed by atoms with Crippen molar-refractivity contribution in [3.63, 3.8) is 0 Å². The number of aliphatic hydroxyl groups is 1. The summed E-state index contributed by atoms with van der Waals surface area (Å²) in [6.45, 7) is 6.87. The Hall–Kier alpha value is -3.16. The molecule has 12 rings (SSSR count). The van der Waals surface area contributed by atoms with E-state index in [4.69, 9.17) is 4.74 Å². The van der Waals surface area contributed by atoms with Gasteiger partial charge in [0.25, 0.3) is 0 Å². The maximum atomic E-state index is 10.3. The van der Waals surface area contributed by atoms with E-state index in [0.29, 0.717) is 18.0 Å². The summed E-state index contributed by atoms with van der Waals surface area (Å²) in [6, 6.07) is 19.8. The average Bonchev–Trinajstić information content (AvgIpc) is 3.73. The van der Waals surface area contributed by atoms with Crippen LogP contribution in [0.5, 0.6) is 0 Å². The van der Waals surface area contributed by atoms with Crippen LogP contribution in [0, 0.1) is 11.8 Å². The van der Waals surface area contributed by atoms with Gasteiger partial charge in [0, 0.05) is 72.4 Å². The topological polar surface area (TPSA) is 35.9 Å². The third-order valence-corrected chi connectivity index (χ3v) is 15.8. The summed E-state index contributed by atoms with van der Waals surface area (Å²) < 4.78 is 10.8. The zero-order valence-electron chi connectivity index (χ0n) is 27.2. The van der Waals surface area contributed by atoms with Crippen LogP contribution in [0.4, 0.5) is 11.4 Å². The van der Waals surface area contributed by atoms with Gasteiger partial charge in [-0.05, 0) is 41.3 Å². The van der Waals surface area contributed by atoms with Crippen LogP contribution >= 0.6 is 0 Å². The van der Waals surface area contributed by atoms with Crippen molar-refractivity contribution in [1.82, 2.24) is 0 Å². The van der Waals surface area contributed by atoms with Gasteiger partial charge in [-0.25, -0.2) is 0 Å². The van der Waals surface area contributed by atoms with Gasteiger partial charge in [0.2, 0.25) is 0 Å². The molecule has 2 saturated carbocycles. The first-order chi connectivity index (χ1) is 22.3. The number of benzene rings is 2. The summed E-state index contributed by atoms with van der Waals surface area (Å²) >= 11 is 0. The number of ether oxygens (including phenoxy) is 1. The highest BCUT2D eigenvalue weighted by Gasteiger charge is 2.88. The molecule has 0 aromatic heterocycles. The lowest BCUT2D eigenvalue weighted by molar-refractivity contribution is -0.925. The van der Waals surface area contributed by atoms with Crippen LogP contribution in [0.2, 0.25) is 0 Å². The molecule has 10 unspecified atom stereocenters. The number of nitrogens with zero attached hydrogens (tertiary/aromatic N) is 4. The number of aliphatic hydroxyl groups excluding tert-OH is 1. The second-order valence-corrected chi connectivity index (χ2v) is 16.9. The first-order valence-electron chi connectivity index (χ1n) is 17.9. The van der Waals surface area contributed by atoms with Gasteiger partial charge < -0.3 is 28.6 Å². The Morgan fingerprint density at radius 2 is 1.28 bits per heavy atom. The second-order valence-electron chi connectivity index (χ2n) is 16.9. The van der Waals surface area contributed by atoms with Gasteiger partial charge in [-0.1, -0.05) is 48.6 Å². The Morgan fingerprint density at radius 3 is 1.80 bits per heavy atom. The van der Waals surface area contributed by atoms with Crippen molar-refractivity contribution in [2.45, 2.75) is 67.0 Å². The number of hydrogen-bond acceptors (Lipinski definition) is 4. The fraction of sp³-hybridized carbons (Fsp3) is 0.500. The van der Waals surface area contributed by atoms with Crippen LogP contribution in [0.1, 0.15) is 43.7 Å². The van der Waals surface area contributed by atoms with E-state index in [9.17, 15) is 5.11 Å². The van der Waals surface area contributed by atoms with E-state index in [2.05, 4.69) is 104 Å². The second kappa shape index (κ2) is 7.44. The predicted octanol–water partition coefficient (Wildman–Crippen LogP) is 5.08. The summed E-state index contributed by atoms with van der Waals surface area (Å²) in [7, 11) is 5.06. The molecule has 0 radical (unpaired) electrons. The molecular weight excluding hydrogens is 568 g/mol. The molecule has 10 atom stereocenters. The molecular formula is C40H44N4O2+2. The van der Waals surface area contributed by atoms with Crippen molar-refractivity contribution >= 4 is 11.4 Å². The molecule has 6 bridgehead atoms. The van der Waals surface area contributed by atoms with Gasteiger partial charge in [-0.2, -0.15) is 0 Å². The standard InChI is InChI=1S/C40H44N4O2/c1-4-25-23-43(2)16-14-37-29-9-5-8-12-34(29)42-22-32-28-20-36-38(15-17-44(36,3)24-26(28)13-18-45)30-10-6-7-11-33(30)41-21-31(27(25)19-35(37)43)39(37,42)46-40(32,38)41/h4-13,21-22,27-28,35-36,45H,14-20,23-24H2,1-3H3/q+2/b25-4+,26-13+. The lowest BCUT2D eigenvalue weighted by Gasteiger charge is -2.70. The van der Waals surface area contributed by atoms with Gasteiger partial charge in [0.15, 0.2) is 11.4 Å². The quantitative estimate of drug-likeness (QED) is 0.360. The SMILES string of the molecule is C/C=C1\C[N+]2(C)CCC34c5ccccc5N5C=C6C7CC8C9(CC[N+]8(C)C/C7=C\CO)c7ccccc7N7C=C(C1CC32)C54OC679. The number of rotatable bonds is 1. The third-order valence-electron chi connectivity index (χ3n) is 15.8. The molecule has 6 nitrogen and oxygen atoms in total. The molecule has 10 aliphatic rings. The van der Waals surface area contributed by atoms with Crippen molar-refractivity contribution in [2.24, 2.45) is 11.8 Å². The maximum Gasteiger partial charge on any atom is 0.188 e. The van der Waals surface area contributed by atoms with Gasteiger partial charge in [-0.3, -0.25) is 0 Å². The number of likely N-dealkylation sites (N-methyl/N-ethyl adjacent to an activating group) is 2. The Bertz CT molecular complexity index is 1960. The van der Waals surface area contributed by atoms with Gasteiger partial charge in [0.1, 0.15) is 36.0 Å². The van der Waals surface area contributed by atoms with Crippen LogP contribution in [-0.4, -0.2) is 84.5 Å². The minimum atomic E-state index is -0.585. The first-order valence-corrected chi connectivity index (χ1v) is 17.9. The molecule has 2 aromatic rings. The van der Waals surface area contributed by atoms with Crippen LogP contribution in [0.3, 0.4) is 0 Å². The minimum Gasteiger partial charge on any atom is -0.392 e. The number of quaternary nitrogens is 2. The van der Waals surface area contributed by atoms with Crippen molar-refractivity contribution in [3.8, 4) is 0 Å². The molecule has 2 aromatic carbocycles. The highest BCUT2D eigenvalue weighted by atomic mass is 16.6. The third kappa shape index (κ3) is 2.20. The summed E-state index contributed by atoms with van der Waals surface area (Å²) in [5.41, 5.74) is 10.3. The molecule has 8 aliphatic heterocycles. The smallest absolute Gasteiger partial charge is 0.188 e. The Kier molecular flexibility index (Phi) is 4.19. The van der Waals surface area contributed by atoms with Crippen LogP contribution in [0.15, 0.2) is 95.4 Å². The van der Waals surface area contributed by atoms with Crippen molar-refractivity contribution < 1.29 is 18.8 Å². The summed E-state index contributed by atoms with van der Waals surface area (Å²) in [6.07, 6.45) is 14.5. The van der Waals surface area contributed by atoms with E-state index in [1.807, 2.05) is 0 Å². The molecule has 6 heteroatoms. The molecule has 234 valence electrons. The molecule has 2 aliphatic carbocycles. The molecule has 4 spiro atoms. The van der Waals surface area contributed by atoms with Crippen molar-refractivity contribution in [1.29, 1.82) is 0 Å². The van der Waals surface area contributed by atoms with E-state index in [1.165, 1.54) is 52.2 Å². The summed E-state index contributed by atoms with van der Waals surface area (Å²) in [5.74, 6) is 0.652. The summed E-state index contributed by atoms with van der Waals surface area (Å²) in [4.78, 5) is 5.37. The largest absolute Gasteiger partial charge is 0.392 e. The van der Waals surface area contributed by atoms with E-state index in [-0.39, 0.29) is 23.4 Å². The van der Waals surface area contributed by atoms with E-state index >= 15 is 0 Å². The molecule has 6 fully saturated rings. The van der Waals surface area contributed by atoms with Crippen LogP contribution in [0.25, 0.3) is 0 Å². The number of allylic oxidation sites excluding steroid dienone is 1. The maximum absolute atomic E-state index is 10.3. The lowest BCUT2D eigenvalue weighted by Crippen LogP contribution is -2.83. The molecule has 8 heterocycles. The Balaban J connectivity index is 1.25. The lowest BCUT2D eigenvalue weighted by atomic mass is 9.51. The fourth-order valence-electron chi connectivity index (χ4n) is 14.4. The number of piperidine rings is 2. The molecule has 1 N–H and O–H groups in total. The fourth-order valence-corrected chi connectivity index (χ4v) is 14.4. The Labute approximate surface area is 271 Å². The highest BCUT2D eigenvalue weighted by molar-refractivity contribution is 5.82. The predicted molar refractivity (Wildman–Crippen MR) is 178 cm³/mol. The van der Waals surface area contributed by atoms with Gasteiger partial charge in [-0.15, -0.1) is 0 Å². The zero-order valence-corrected chi connectivity index (χ0v) is 27.2. The highest BCUT2D eigenvalue weighted by Crippen LogP contribution is 2.79. The number of hydrogen-bond donors (Lipinski definition) is 1. The molecule has 0 amide bonds. The van der Waals surface area contributed by atoms with E-state index in [0.717, 1.165) is 47.9 Å². The summed E-state index contributed by atoms with van der Waals surface area (Å²) in [5, 5.41) is 10.3. The molecule has 4 saturated heterocycles. The minimum absolute atomic E-state index is 0.0996. The van der Waals surface area contributed by atoms with Crippen molar-refractivity contribution in [2.75, 3.05) is 56.7 Å². The van der Waals surface area contributed by atoms with E-state index in [1.54, 1.807) is 5.57 Å².